The summed E-state index contributed by atoms with van der Waals surface area (Å²) in [6.45, 7) is 5.60. The summed E-state index contributed by atoms with van der Waals surface area (Å²) in [7, 11) is 0. The van der Waals surface area contributed by atoms with Crippen LogP contribution in [0, 0.1) is 5.82 Å². The lowest BCUT2D eigenvalue weighted by molar-refractivity contribution is 0.612. The summed E-state index contributed by atoms with van der Waals surface area (Å²) in [6, 6.07) is 13.6. The molecule has 0 amide bonds. The average Bonchev–Trinajstić information content (AvgIpc) is 3.45. The van der Waals surface area contributed by atoms with Gasteiger partial charge in [-0.15, -0.1) is 24.0 Å². The predicted octanol–water partition coefficient (Wildman–Crippen LogP) is 3.42. The Morgan fingerprint density at radius 2 is 2.06 bits per heavy atom. The van der Waals surface area contributed by atoms with Crippen molar-refractivity contribution in [2.24, 2.45) is 4.99 Å². The Morgan fingerprint density at radius 3 is 2.84 bits per heavy atom. The molecule has 7 nitrogen and oxygen atoms in total. The van der Waals surface area contributed by atoms with Gasteiger partial charge in [0.05, 0.1) is 13.1 Å². The van der Waals surface area contributed by atoms with E-state index in [4.69, 9.17) is 4.99 Å². The van der Waals surface area contributed by atoms with Crippen LogP contribution >= 0.6 is 24.0 Å². The first-order valence-corrected chi connectivity index (χ1v) is 10.7. The molecule has 3 aromatic rings. The molecule has 0 bridgehead atoms. The molecule has 0 aliphatic carbocycles. The van der Waals surface area contributed by atoms with Crippen molar-refractivity contribution in [1.29, 1.82) is 0 Å². The third-order valence-corrected chi connectivity index (χ3v) is 5.23. The van der Waals surface area contributed by atoms with Crippen molar-refractivity contribution in [3.8, 4) is 0 Å². The fraction of sp³-hybridized carbons (Fsp3) is 0.348. The van der Waals surface area contributed by atoms with Gasteiger partial charge in [0.25, 0.3) is 0 Å². The van der Waals surface area contributed by atoms with E-state index in [1.807, 2.05) is 28.8 Å². The van der Waals surface area contributed by atoms with Crippen LogP contribution < -0.4 is 15.5 Å². The van der Waals surface area contributed by atoms with Crippen LogP contribution in [0.3, 0.4) is 0 Å². The Labute approximate surface area is 205 Å². The lowest BCUT2D eigenvalue weighted by Gasteiger charge is -2.20. The fourth-order valence-corrected chi connectivity index (χ4v) is 3.77. The number of nitrogens with one attached hydrogen (secondary N) is 2. The molecule has 170 valence electrons. The first kappa shape index (κ1) is 24.0. The lowest BCUT2D eigenvalue weighted by atomic mass is 10.1. The van der Waals surface area contributed by atoms with E-state index in [2.05, 4.69) is 45.0 Å². The van der Waals surface area contributed by atoms with Crippen molar-refractivity contribution in [1.82, 2.24) is 25.4 Å². The van der Waals surface area contributed by atoms with Crippen LogP contribution in [0.4, 0.5) is 10.2 Å². The van der Waals surface area contributed by atoms with Crippen LogP contribution in [0.25, 0.3) is 0 Å². The fourth-order valence-electron chi connectivity index (χ4n) is 3.77. The Morgan fingerprint density at radius 1 is 1.19 bits per heavy atom. The van der Waals surface area contributed by atoms with Gasteiger partial charge >= 0.3 is 0 Å². The molecule has 0 radical (unpaired) electrons. The number of halogens is 2. The van der Waals surface area contributed by atoms with E-state index < -0.39 is 0 Å². The number of hydrogen-bond donors (Lipinski definition) is 2. The molecule has 1 saturated heterocycles. The topological polar surface area (TPSA) is 70.4 Å². The highest BCUT2D eigenvalue weighted by atomic mass is 127. The second kappa shape index (κ2) is 11.8. The van der Waals surface area contributed by atoms with Crippen LogP contribution in [0.15, 0.2) is 66.0 Å². The summed E-state index contributed by atoms with van der Waals surface area (Å²) in [5, 5.41) is 11.1. The predicted molar refractivity (Wildman–Crippen MR) is 136 cm³/mol. The van der Waals surface area contributed by atoms with Crippen molar-refractivity contribution in [2.75, 3.05) is 24.5 Å². The van der Waals surface area contributed by atoms with Crippen LogP contribution in [-0.2, 0) is 13.1 Å². The third kappa shape index (κ3) is 6.41. The zero-order valence-corrected chi connectivity index (χ0v) is 20.4. The summed E-state index contributed by atoms with van der Waals surface area (Å²) >= 11 is 0. The van der Waals surface area contributed by atoms with Crippen molar-refractivity contribution in [2.45, 2.75) is 32.5 Å². The van der Waals surface area contributed by atoms with Gasteiger partial charge in [0.15, 0.2) is 17.6 Å². The highest BCUT2D eigenvalue weighted by molar-refractivity contribution is 14.0. The smallest absolute Gasteiger partial charge is 0.191 e. The van der Waals surface area contributed by atoms with Gasteiger partial charge in [-0.3, -0.25) is 4.68 Å². The van der Waals surface area contributed by atoms with Gasteiger partial charge in [-0.2, -0.15) is 5.10 Å². The average molecular weight is 549 g/mol. The number of hydrogen-bond acceptors (Lipinski definition) is 4. The number of nitrogens with zero attached hydrogens (tertiary/aromatic N) is 5. The number of aromatic nitrogens is 3. The van der Waals surface area contributed by atoms with E-state index in [9.17, 15) is 4.39 Å². The summed E-state index contributed by atoms with van der Waals surface area (Å²) < 4.78 is 16.0. The SMILES string of the molecule is CCNC(=NCc1cccc(Cn2cccn2)c1)NC1CCN(c2ncccc2F)C1.I. The van der Waals surface area contributed by atoms with Gasteiger partial charge in [-0.1, -0.05) is 24.3 Å². The third-order valence-electron chi connectivity index (χ3n) is 5.23. The molecule has 4 rings (SSSR count). The number of guanidine groups is 1. The molecule has 32 heavy (non-hydrogen) atoms. The Kier molecular flexibility index (Phi) is 8.83. The molecule has 0 saturated carbocycles. The maximum Gasteiger partial charge on any atom is 0.191 e. The maximum absolute atomic E-state index is 14.0. The molecular formula is C23H29FIN7. The van der Waals surface area contributed by atoms with Gasteiger partial charge < -0.3 is 15.5 Å². The van der Waals surface area contributed by atoms with E-state index in [-0.39, 0.29) is 35.8 Å². The standard InChI is InChI=1S/C23H28FN7.HI/c1-2-25-23(29-20-9-13-30(17-20)22-21(24)8-4-10-26-22)27-15-18-6-3-7-19(14-18)16-31-12-5-11-28-31;/h3-8,10-12,14,20H,2,9,13,15-17H2,1H3,(H2,25,27,29);1H. The molecule has 1 unspecified atom stereocenters. The second-order valence-electron chi connectivity index (χ2n) is 7.60. The molecule has 1 aromatic carbocycles. The number of pyridine rings is 1. The highest BCUT2D eigenvalue weighted by Gasteiger charge is 2.25. The first-order chi connectivity index (χ1) is 15.2. The van der Waals surface area contributed by atoms with Crippen LogP contribution in [0.1, 0.15) is 24.5 Å². The number of rotatable bonds is 7. The van der Waals surface area contributed by atoms with Crippen molar-refractivity contribution < 1.29 is 4.39 Å². The normalized spacial score (nSPS) is 16.0. The minimum absolute atomic E-state index is 0. The molecule has 1 aliphatic rings. The first-order valence-electron chi connectivity index (χ1n) is 10.7. The number of anilines is 1. The molecule has 1 fully saturated rings. The molecule has 0 spiro atoms. The van der Waals surface area contributed by atoms with Crippen molar-refractivity contribution in [3.05, 3.63) is 78.0 Å². The largest absolute Gasteiger partial charge is 0.357 e. The van der Waals surface area contributed by atoms with E-state index in [0.29, 0.717) is 18.9 Å². The quantitative estimate of drug-likeness (QED) is 0.269. The second-order valence-corrected chi connectivity index (χ2v) is 7.60. The monoisotopic (exact) mass is 549 g/mol. The molecule has 1 atom stereocenters. The van der Waals surface area contributed by atoms with Gasteiger partial charge in [0.1, 0.15) is 0 Å². The van der Waals surface area contributed by atoms with Crippen molar-refractivity contribution in [3.63, 3.8) is 0 Å². The Bertz CT molecular complexity index is 1010. The van der Waals surface area contributed by atoms with Crippen LogP contribution in [0.2, 0.25) is 0 Å². The summed E-state index contributed by atoms with van der Waals surface area (Å²) in [4.78, 5) is 10.9. The van der Waals surface area contributed by atoms with E-state index in [1.165, 1.54) is 11.6 Å². The van der Waals surface area contributed by atoms with Gasteiger partial charge in [-0.05, 0) is 42.7 Å². The maximum atomic E-state index is 14.0. The zero-order chi connectivity index (χ0) is 21.5. The lowest BCUT2D eigenvalue weighted by Crippen LogP contribution is -2.44. The number of benzene rings is 1. The molecule has 3 heterocycles. The zero-order valence-electron chi connectivity index (χ0n) is 18.1. The number of aliphatic imine (C=N–C) groups is 1. The molecular weight excluding hydrogens is 520 g/mol. The minimum atomic E-state index is -0.279. The van der Waals surface area contributed by atoms with Gasteiger partial charge in [0.2, 0.25) is 0 Å². The van der Waals surface area contributed by atoms with Gasteiger partial charge in [0, 0.05) is 44.3 Å². The Balaban J connectivity index is 0.00000289. The Hall–Kier alpha value is -2.69. The molecule has 1 aliphatic heterocycles. The molecule has 2 aromatic heterocycles. The van der Waals surface area contributed by atoms with E-state index in [0.717, 1.165) is 37.6 Å². The van der Waals surface area contributed by atoms with E-state index >= 15 is 0 Å². The van der Waals surface area contributed by atoms with Crippen LogP contribution in [-0.4, -0.2) is 46.4 Å². The van der Waals surface area contributed by atoms with Crippen molar-refractivity contribution >= 4 is 35.8 Å². The summed E-state index contributed by atoms with van der Waals surface area (Å²) in [5.41, 5.74) is 2.34. The van der Waals surface area contributed by atoms with Gasteiger partial charge in [-0.25, -0.2) is 14.4 Å². The summed E-state index contributed by atoms with van der Waals surface area (Å²) in [5.74, 6) is 0.912. The molecule has 9 heteroatoms. The highest BCUT2D eigenvalue weighted by Crippen LogP contribution is 2.20. The minimum Gasteiger partial charge on any atom is -0.357 e. The van der Waals surface area contributed by atoms with Crippen LogP contribution in [0.5, 0.6) is 0 Å². The summed E-state index contributed by atoms with van der Waals surface area (Å²) in [6.07, 6.45) is 6.28. The molecule has 2 N–H and O–H groups in total. The van der Waals surface area contributed by atoms with E-state index in [1.54, 1.807) is 18.5 Å².